The molecule has 1 aromatic rings. The van der Waals surface area contributed by atoms with E-state index in [1.807, 2.05) is 0 Å². The number of hydrogen-bond donors (Lipinski definition) is 1. The van der Waals surface area contributed by atoms with Gasteiger partial charge in [0.15, 0.2) is 5.78 Å². The lowest BCUT2D eigenvalue weighted by molar-refractivity contribution is -0.118. The largest absolute Gasteiger partial charge is 0.492 e. The van der Waals surface area contributed by atoms with E-state index in [4.69, 9.17) is 10.5 Å². The Kier molecular flexibility index (Phi) is 3.99. The smallest absolute Gasteiger partial charge is 0.220 e. The van der Waals surface area contributed by atoms with E-state index in [0.29, 0.717) is 0 Å². The van der Waals surface area contributed by atoms with E-state index in [1.165, 1.54) is 19.1 Å². The lowest BCUT2D eigenvalue weighted by Crippen LogP contribution is -2.15. The number of nitrogens with two attached hydrogens (primary N) is 1. The number of rotatable bonds is 5. The third kappa shape index (κ3) is 3.34. The standard InChI is InChI=1S/C11H12FNO3/c1-7(14)9-6-8(12)2-3-10(9)16-5-4-11(13)15/h2-3,6H,4-5H2,1H3,(H2,13,15). The molecule has 0 unspecified atom stereocenters. The SMILES string of the molecule is CC(=O)c1cc(F)ccc1OCCC(N)=O. The van der Waals surface area contributed by atoms with Crippen LogP contribution in [0.5, 0.6) is 5.75 Å². The predicted octanol–water partition coefficient (Wildman–Crippen LogP) is 1.28. The minimum Gasteiger partial charge on any atom is -0.492 e. The normalized spacial score (nSPS) is 9.88. The van der Waals surface area contributed by atoms with E-state index in [9.17, 15) is 14.0 Å². The van der Waals surface area contributed by atoms with E-state index in [2.05, 4.69) is 0 Å². The first-order chi connectivity index (χ1) is 7.50. The highest BCUT2D eigenvalue weighted by Crippen LogP contribution is 2.20. The minimum atomic E-state index is -0.507. The van der Waals surface area contributed by atoms with Crippen LogP contribution >= 0.6 is 0 Å². The number of halogens is 1. The highest BCUT2D eigenvalue weighted by atomic mass is 19.1. The summed E-state index contributed by atoms with van der Waals surface area (Å²) in [6.07, 6.45) is 0.0503. The first-order valence-electron chi connectivity index (χ1n) is 4.72. The van der Waals surface area contributed by atoms with Crippen molar-refractivity contribution in [1.29, 1.82) is 0 Å². The van der Waals surface area contributed by atoms with Gasteiger partial charge >= 0.3 is 0 Å². The van der Waals surface area contributed by atoms with Gasteiger partial charge in [0.1, 0.15) is 11.6 Å². The first kappa shape index (κ1) is 12.2. The Morgan fingerprint density at radius 1 is 1.44 bits per heavy atom. The maximum atomic E-state index is 12.9. The first-order valence-corrected chi connectivity index (χ1v) is 4.72. The highest BCUT2D eigenvalue weighted by Gasteiger charge is 2.10. The molecule has 0 fully saturated rings. The fraction of sp³-hybridized carbons (Fsp3) is 0.273. The Morgan fingerprint density at radius 2 is 2.12 bits per heavy atom. The quantitative estimate of drug-likeness (QED) is 0.767. The molecular formula is C11H12FNO3. The summed E-state index contributed by atoms with van der Waals surface area (Å²) < 4.78 is 18.1. The molecule has 0 aliphatic carbocycles. The molecule has 4 nitrogen and oxygen atoms in total. The fourth-order valence-electron chi connectivity index (χ4n) is 1.16. The molecule has 2 N–H and O–H groups in total. The average Bonchev–Trinajstić information content (AvgIpc) is 2.19. The molecule has 1 amide bonds. The Hall–Kier alpha value is -1.91. The summed E-state index contributed by atoms with van der Waals surface area (Å²) in [5.41, 5.74) is 5.09. The number of carbonyl (C=O) groups excluding carboxylic acids is 2. The second kappa shape index (κ2) is 5.25. The van der Waals surface area contributed by atoms with Crippen molar-refractivity contribution in [3.63, 3.8) is 0 Å². The second-order valence-electron chi connectivity index (χ2n) is 3.26. The number of benzene rings is 1. The summed E-state index contributed by atoms with van der Waals surface area (Å²) in [6, 6.07) is 3.64. The molecule has 0 aliphatic rings. The molecule has 0 saturated heterocycles. The monoisotopic (exact) mass is 225 g/mol. The molecule has 0 saturated carbocycles. The molecule has 5 heteroatoms. The number of ether oxygens (including phenoxy) is 1. The average molecular weight is 225 g/mol. The Morgan fingerprint density at radius 3 is 2.69 bits per heavy atom. The molecular weight excluding hydrogens is 213 g/mol. The molecule has 86 valence electrons. The van der Waals surface area contributed by atoms with Crippen LogP contribution < -0.4 is 10.5 Å². The zero-order chi connectivity index (χ0) is 12.1. The zero-order valence-corrected chi connectivity index (χ0v) is 8.83. The Balaban J connectivity index is 2.78. The summed E-state index contributed by atoms with van der Waals surface area (Å²) in [7, 11) is 0. The molecule has 0 radical (unpaired) electrons. The van der Waals surface area contributed by atoms with Crippen LogP contribution in [0.4, 0.5) is 4.39 Å². The van der Waals surface area contributed by atoms with Crippen LogP contribution in [0.2, 0.25) is 0 Å². The zero-order valence-electron chi connectivity index (χ0n) is 8.83. The van der Waals surface area contributed by atoms with Crippen LogP contribution in [0.25, 0.3) is 0 Å². The van der Waals surface area contributed by atoms with Crippen LogP contribution in [0, 0.1) is 5.82 Å². The van der Waals surface area contributed by atoms with Crippen molar-refractivity contribution in [2.24, 2.45) is 5.73 Å². The van der Waals surface area contributed by atoms with Gasteiger partial charge in [0.05, 0.1) is 18.6 Å². The maximum Gasteiger partial charge on any atom is 0.220 e. The lowest BCUT2D eigenvalue weighted by atomic mass is 10.1. The number of primary amides is 1. The molecule has 0 aliphatic heterocycles. The van der Waals surface area contributed by atoms with Gasteiger partial charge in [-0.2, -0.15) is 0 Å². The number of Topliss-reactive ketones (excluding diaryl/α,β-unsaturated/α-hetero) is 1. The van der Waals surface area contributed by atoms with Crippen LogP contribution in [-0.4, -0.2) is 18.3 Å². The molecule has 0 aromatic heterocycles. The van der Waals surface area contributed by atoms with Gasteiger partial charge in [-0.3, -0.25) is 9.59 Å². The topological polar surface area (TPSA) is 69.4 Å². The Labute approximate surface area is 92.2 Å². The van der Waals surface area contributed by atoms with Crippen molar-refractivity contribution < 1.29 is 18.7 Å². The van der Waals surface area contributed by atoms with Gasteiger partial charge in [-0.05, 0) is 25.1 Å². The van der Waals surface area contributed by atoms with Gasteiger partial charge < -0.3 is 10.5 Å². The highest BCUT2D eigenvalue weighted by molar-refractivity contribution is 5.96. The number of amides is 1. The summed E-state index contributed by atoms with van der Waals surface area (Å²) >= 11 is 0. The van der Waals surface area contributed by atoms with Crippen molar-refractivity contribution in [2.75, 3.05) is 6.61 Å². The van der Waals surface area contributed by atoms with Crippen molar-refractivity contribution in [3.05, 3.63) is 29.6 Å². The van der Waals surface area contributed by atoms with Crippen LogP contribution in [0.1, 0.15) is 23.7 Å². The van der Waals surface area contributed by atoms with Gasteiger partial charge in [0.2, 0.25) is 5.91 Å². The van der Waals surface area contributed by atoms with Gasteiger partial charge in [0, 0.05) is 0 Å². The molecule has 1 rings (SSSR count). The third-order valence-electron chi connectivity index (χ3n) is 1.93. The molecule has 0 bridgehead atoms. The third-order valence-corrected chi connectivity index (χ3v) is 1.93. The maximum absolute atomic E-state index is 12.9. The van der Waals surface area contributed by atoms with Crippen LogP contribution in [-0.2, 0) is 4.79 Å². The van der Waals surface area contributed by atoms with Crippen molar-refractivity contribution in [3.8, 4) is 5.75 Å². The van der Waals surface area contributed by atoms with E-state index in [0.717, 1.165) is 6.07 Å². The van der Waals surface area contributed by atoms with Crippen molar-refractivity contribution in [1.82, 2.24) is 0 Å². The van der Waals surface area contributed by atoms with E-state index < -0.39 is 11.7 Å². The molecule has 1 aromatic carbocycles. The molecule has 0 spiro atoms. The van der Waals surface area contributed by atoms with Crippen molar-refractivity contribution >= 4 is 11.7 Å². The molecule has 0 atom stereocenters. The van der Waals surface area contributed by atoms with Gasteiger partial charge in [0.25, 0.3) is 0 Å². The fourth-order valence-corrected chi connectivity index (χ4v) is 1.16. The predicted molar refractivity (Wildman–Crippen MR) is 55.7 cm³/mol. The summed E-state index contributed by atoms with van der Waals surface area (Å²) in [5.74, 6) is -1.04. The minimum absolute atomic E-state index is 0.0503. The number of hydrogen-bond acceptors (Lipinski definition) is 3. The van der Waals surface area contributed by atoms with E-state index in [1.54, 1.807) is 0 Å². The van der Waals surface area contributed by atoms with Gasteiger partial charge in [-0.1, -0.05) is 0 Å². The van der Waals surface area contributed by atoms with Gasteiger partial charge in [-0.25, -0.2) is 4.39 Å². The lowest BCUT2D eigenvalue weighted by Gasteiger charge is -2.08. The van der Waals surface area contributed by atoms with Gasteiger partial charge in [-0.15, -0.1) is 0 Å². The summed E-state index contributed by atoms with van der Waals surface area (Å²) in [4.78, 5) is 21.7. The van der Waals surface area contributed by atoms with Crippen LogP contribution in [0.15, 0.2) is 18.2 Å². The summed E-state index contributed by atoms with van der Waals surface area (Å²) in [5, 5.41) is 0. The van der Waals surface area contributed by atoms with E-state index >= 15 is 0 Å². The number of carbonyl (C=O) groups is 2. The van der Waals surface area contributed by atoms with E-state index in [-0.39, 0.29) is 30.1 Å². The van der Waals surface area contributed by atoms with Crippen LogP contribution in [0.3, 0.4) is 0 Å². The second-order valence-corrected chi connectivity index (χ2v) is 3.26. The number of ketones is 1. The summed E-state index contributed by atoms with van der Waals surface area (Å²) in [6.45, 7) is 1.39. The van der Waals surface area contributed by atoms with Crippen molar-refractivity contribution in [2.45, 2.75) is 13.3 Å². The molecule has 0 heterocycles. The molecule has 16 heavy (non-hydrogen) atoms. The Bertz CT molecular complexity index is 418.